The van der Waals surface area contributed by atoms with Crippen LogP contribution in [-0.2, 0) is 0 Å². The van der Waals surface area contributed by atoms with Gasteiger partial charge in [-0.05, 0) is 28.1 Å². The molecule has 2 heterocycles. The number of hydrogen-bond acceptors (Lipinski definition) is 5. The number of aliphatic imine (C=N–C) groups is 1. The van der Waals surface area contributed by atoms with Gasteiger partial charge in [-0.15, -0.1) is 0 Å². The van der Waals surface area contributed by atoms with Gasteiger partial charge in [0.25, 0.3) is 0 Å². The van der Waals surface area contributed by atoms with E-state index in [1.54, 1.807) is 12.4 Å². The summed E-state index contributed by atoms with van der Waals surface area (Å²) in [6, 6.07) is 3.90. The Morgan fingerprint density at radius 1 is 1.21 bits per heavy atom. The molecular weight excluding hydrogens is 306 g/mol. The first-order valence-electron chi connectivity index (χ1n) is 6.29. The fraction of sp³-hybridized carbons (Fsp3) is 0.308. The highest BCUT2D eigenvalue weighted by Gasteiger charge is 2.10. The highest BCUT2D eigenvalue weighted by molar-refractivity contribution is 9.10. The Balaban J connectivity index is 0.000000637. The first-order valence-corrected chi connectivity index (χ1v) is 7.08. The molecule has 1 aromatic heterocycles. The largest absolute Gasteiger partial charge is 0.354 e. The van der Waals surface area contributed by atoms with Crippen molar-refractivity contribution < 1.29 is 0 Å². The van der Waals surface area contributed by atoms with Gasteiger partial charge >= 0.3 is 0 Å². The van der Waals surface area contributed by atoms with Crippen LogP contribution < -0.4 is 10.6 Å². The lowest BCUT2D eigenvalue weighted by Crippen LogP contribution is -2.26. The average Bonchev–Trinajstić information content (AvgIpc) is 2.97. The van der Waals surface area contributed by atoms with E-state index < -0.39 is 0 Å². The van der Waals surface area contributed by atoms with Crippen LogP contribution in [0.15, 0.2) is 34.0 Å². The molecule has 100 valence electrons. The predicted molar refractivity (Wildman–Crippen MR) is 82.5 cm³/mol. The predicted octanol–water partition coefficient (Wildman–Crippen LogP) is 2.79. The Hall–Kier alpha value is -1.69. The van der Waals surface area contributed by atoms with Crippen LogP contribution in [0, 0.1) is 0 Å². The second kappa shape index (κ2) is 6.47. The van der Waals surface area contributed by atoms with Crippen LogP contribution in [0.3, 0.4) is 0 Å². The molecule has 5 nitrogen and oxygen atoms in total. The number of aromatic nitrogens is 2. The minimum Gasteiger partial charge on any atom is -0.354 e. The van der Waals surface area contributed by atoms with Gasteiger partial charge in [-0.1, -0.05) is 13.8 Å². The lowest BCUT2D eigenvalue weighted by atomic mass is 10.2. The van der Waals surface area contributed by atoms with Crippen molar-refractivity contribution in [1.29, 1.82) is 0 Å². The van der Waals surface area contributed by atoms with E-state index >= 15 is 0 Å². The Bertz CT molecular complexity index is 597. The molecule has 0 amide bonds. The van der Waals surface area contributed by atoms with Crippen LogP contribution in [0.4, 0.5) is 5.69 Å². The fourth-order valence-electron chi connectivity index (χ4n) is 1.71. The number of guanidine groups is 1. The van der Waals surface area contributed by atoms with Crippen LogP contribution in [0.2, 0.25) is 0 Å². The Morgan fingerprint density at radius 3 is 2.74 bits per heavy atom. The zero-order chi connectivity index (χ0) is 13.7. The third kappa shape index (κ3) is 3.01. The molecule has 2 N–H and O–H groups in total. The third-order valence-corrected chi connectivity index (χ3v) is 3.31. The molecule has 6 heteroatoms. The van der Waals surface area contributed by atoms with Crippen molar-refractivity contribution in [3.05, 3.63) is 29.0 Å². The summed E-state index contributed by atoms with van der Waals surface area (Å²) in [5.41, 5.74) is 2.65. The lowest BCUT2D eigenvalue weighted by Gasteiger charge is -2.09. The monoisotopic (exact) mass is 321 g/mol. The van der Waals surface area contributed by atoms with Gasteiger partial charge in [0.1, 0.15) is 5.52 Å². The van der Waals surface area contributed by atoms with E-state index in [2.05, 4.69) is 41.5 Å². The van der Waals surface area contributed by atoms with Gasteiger partial charge in [0, 0.05) is 18.9 Å². The van der Waals surface area contributed by atoms with Crippen LogP contribution in [0.5, 0.6) is 0 Å². The van der Waals surface area contributed by atoms with Crippen LogP contribution in [0.1, 0.15) is 13.8 Å². The van der Waals surface area contributed by atoms with Crippen LogP contribution in [0.25, 0.3) is 11.0 Å². The van der Waals surface area contributed by atoms with Gasteiger partial charge in [0.15, 0.2) is 5.96 Å². The zero-order valence-corrected chi connectivity index (χ0v) is 12.5. The van der Waals surface area contributed by atoms with Gasteiger partial charge in [-0.25, -0.2) is 0 Å². The summed E-state index contributed by atoms with van der Waals surface area (Å²) in [5.74, 6) is 0.800. The highest BCUT2D eigenvalue weighted by Crippen LogP contribution is 2.28. The van der Waals surface area contributed by atoms with Gasteiger partial charge in [-0.3, -0.25) is 15.0 Å². The summed E-state index contributed by atoms with van der Waals surface area (Å²) in [7, 11) is 0. The van der Waals surface area contributed by atoms with Gasteiger partial charge in [0.05, 0.1) is 22.2 Å². The molecule has 0 atom stereocenters. The second-order valence-electron chi connectivity index (χ2n) is 3.63. The van der Waals surface area contributed by atoms with E-state index in [0.717, 1.165) is 40.2 Å². The van der Waals surface area contributed by atoms with Crippen molar-refractivity contribution in [2.24, 2.45) is 4.99 Å². The maximum absolute atomic E-state index is 4.31. The molecule has 1 aliphatic heterocycles. The van der Waals surface area contributed by atoms with E-state index in [1.165, 1.54) is 0 Å². The maximum Gasteiger partial charge on any atom is 0.195 e. The number of anilines is 1. The molecule has 2 aromatic rings. The standard InChI is InChI=1S/C11H10BrN5.C2H6/c12-9-7(17-11-15-5-6-16-11)1-2-8-10(9)14-4-3-13-8;1-2/h1-4H,5-6H2,(H2,15,16,17);1-2H3. The normalized spacial score (nSPS) is 13.3. The van der Waals surface area contributed by atoms with Crippen LogP contribution in [-0.4, -0.2) is 29.0 Å². The summed E-state index contributed by atoms with van der Waals surface area (Å²) in [5, 5.41) is 6.39. The fourth-order valence-corrected chi connectivity index (χ4v) is 2.25. The van der Waals surface area contributed by atoms with Crippen LogP contribution >= 0.6 is 15.9 Å². The molecule has 0 unspecified atom stereocenters. The number of rotatable bonds is 1. The van der Waals surface area contributed by atoms with Gasteiger partial charge < -0.3 is 10.6 Å². The first-order chi connectivity index (χ1) is 9.34. The summed E-state index contributed by atoms with van der Waals surface area (Å²) in [6.45, 7) is 5.70. The van der Waals surface area contributed by atoms with E-state index in [0.29, 0.717) is 0 Å². The van der Waals surface area contributed by atoms with E-state index in [-0.39, 0.29) is 0 Å². The number of hydrogen-bond donors (Lipinski definition) is 2. The highest BCUT2D eigenvalue weighted by atomic mass is 79.9. The molecule has 3 rings (SSSR count). The maximum atomic E-state index is 4.31. The molecule has 0 aliphatic carbocycles. The van der Waals surface area contributed by atoms with Gasteiger partial charge in [0.2, 0.25) is 0 Å². The van der Waals surface area contributed by atoms with E-state index in [9.17, 15) is 0 Å². The molecule has 1 aromatic carbocycles. The molecule has 0 radical (unpaired) electrons. The van der Waals surface area contributed by atoms with E-state index in [1.807, 2.05) is 26.0 Å². The van der Waals surface area contributed by atoms with Crippen molar-refractivity contribution >= 4 is 38.6 Å². The third-order valence-electron chi connectivity index (χ3n) is 2.51. The van der Waals surface area contributed by atoms with Crippen molar-refractivity contribution in [3.8, 4) is 0 Å². The minimum absolute atomic E-state index is 0.800. The SMILES string of the molecule is Brc1c(NC2=NCCN2)ccc2nccnc12.CC. The van der Waals surface area contributed by atoms with Crippen molar-refractivity contribution in [2.75, 3.05) is 18.4 Å². The number of nitrogens with one attached hydrogen (secondary N) is 2. The second-order valence-corrected chi connectivity index (χ2v) is 4.43. The molecule has 0 saturated carbocycles. The smallest absolute Gasteiger partial charge is 0.195 e. The van der Waals surface area contributed by atoms with Crippen molar-refractivity contribution in [2.45, 2.75) is 13.8 Å². The molecular formula is C13H16BrN5. The van der Waals surface area contributed by atoms with E-state index in [4.69, 9.17) is 0 Å². The quantitative estimate of drug-likeness (QED) is 0.847. The summed E-state index contributed by atoms with van der Waals surface area (Å²) in [6.07, 6.45) is 3.37. The Labute approximate surface area is 120 Å². The molecule has 1 aliphatic rings. The number of benzene rings is 1. The first kappa shape index (κ1) is 13.7. The summed E-state index contributed by atoms with van der Waals surface area (Å²) in [4.78, 5) is 12.8. The van der Waals surface area contributed by atoms with Crippen molar-refractivity contribution in [1.82, 2.24) is 15.3 Å². The molecule has 0 spiro atoms. The molecule has 0 bridgehead atoms. The average molecular weight is 322 g/mol. The molecule has 0 saturated heterocycles. The number of fused-ring (bicyclic) bond motifs is 1. The summed E-state index contributed by atoms with van der Waals surface area (Å²) >= 11 is 3.54. The Kier molecular flexibility index (Phi) is 4.68. The molecule has 19 heavy (non-hydrogen) atoms. The zero-order valence-electron chi connectivity index (χ0n) is 10.9. The van der Waals surface area contributed by atoms with Crippen molar-refractivity contribution in [3.63, 3.8) is 0 Å². The Morgan fingerprint density at radius 2 is 2.00 bits per heavy atom. The number of halogens is 1. The lowest BCUT2D eigenvalue weighted by molar-refractivity contribution is 0.959. The summed E-state index contributed by atoms with van der Waals surface area (Å²) < 4.78 is 0.902. The minimum atomic E-state index is 0.800. The number of nitrogens with zero attached hydrogens (tertiary/aromatic N) is 3. The topological polar surface area (TPSA) is 62.2 Å². The van der Waals surface area contributed by atoms with Gasteiger partial charge in [-0.2, -0.15) is 0 Å². The molecule has 0 fully saturated rings.